The summed E-state index contributed by atoms with van der Waals surface area (Å²) in [7, 11) is 0. The average Bonchev–Trinajstić information content (AvgIpc) is 2.43. The Morgan fingerprint density at radius 1 is 1.13 bits per heavy atom. The van der Waals surface area contributed by atoms with Gasteiger partial charge in [0.15, 0.2) is 5.78 Å². The Hall–Kier alpha value is -0.890. The molecule has 0 amide bonds. The predicted octanol–water partition coefficient (Wildman–Crippen LogP) is 3.98. The maximum atomic E-state index is 11.5. The summed E-state index contributed by atoms with van der Waals surface area (Å²) in [4.78, 5) is 11.5. The van der Waals surface area contributed by atoms with Crippen molar-refractivity contribution >= 4 is 27.3 Å². The Morgan fingerprint density at radius 2 is 1.93 bits per heavy atom. The largest absolute Gasteiger partial charge is 0.295 e. The Kier molecular flexibility index (Phi) is 3.37. The van der Waals surface area contributed by atoms with E-state index in [9.17, 15) is 4.79 Å². The number of benzene rings is 1. The van der Waals surface area contributed by atoms with Gasteiger partial charge in [0, 0.05) is 10.9 Å². The molecule has 1 aliphatic carbocycles. The van der Waals surface area contributed by atoms with Crippen molar-refractivity contribution in [2.45, 2.75) is 25.7 Å². The molecule has 0 bridgehead atoms. The zero-order chi connectivity index (χ0) is 10.7. The van der Waals surface area contributed by atoms with Gasteiger partial charge in [-0.25, -0.2) is 0 Å². The van der Waals surface area contributed by atoms with Crippen molar-refractivity contribution in [1.82, 2.24) is 0 Å². The second-order valence-electron chi connectivity index (χ2n) is 3.85. The van der Waals surface area contributed by atoms with Crippen molar-refractivity contribution < 1.29 is 4.79 Å². The lowest BCUT2D eigenvalue weighted by molar-refractivity contribution is -0.114. The number of hydrogen-bond donors (Lipinski definition) is 0. The molecule has 78 valence electrons. The molecule has 0 radical (unpaired) electrons. The van der Waals surface area contributed by atoms with Gasteiger partial charge in [0.2, 0.25) is 0 Å². The summed E-state index contributed by atoms with van der Waals surface area (Å²) in [6, 6.07) is 8.15. The molecule has 0 aromatic heterocycles. The summed E-state index contributed by atoms with van der Waals surface area (Å²) in [5.74, 6) is 0.266. The molecule has 0 saturated heterocycles. The molecule has 0 spiro atoms. The smallest absolute Gasteiger partial charge is 0.155 e. The second kappa shape index (κ2) is 4.75. The molecule has 1 nitrogen and oxygen atoms in total. The maximum Gasteiger partial charge on any atom is 0.155 e. The molecule has 0 saturated carbocycles. The Bertz CT molecular complexity index is 407. The van der Waals surface area contributed by atoms with E-state index in [-0.39, 0.29) is 5.78 Å². The van der Waals surface area contributed by atoms with E-state index in [1.807, 2.05) is 18.2 Å². The number of rotatable bonds is 1. The van der Waals surface area contributed by atoms with E-state index in [4.69, 9.17) is 0 Å². The molecular formula is C13H13BrO. The second-order valence-corrected chi connectivity index (χ2v) is 4.77. The van der Waals surface area contributed by atoms with Crippen molar-refractivity contribution in [3.05, 3.63) is 40.4 Å². The fourth-order valence-corrected chi connectivity index (χ4v) is 2.27. The summed E-state index contributed by atoms with van der Waals surface area (Å²) in [5, 5.41) is 0. The zero-order valence-corrected chi connectivity index (χ0v) is 10.1. The van der Waals surface area contributed by atoms with Gasteiger partial charge in [0.05, 0.1) is 0 Å². The minimum absolute atomic E-state index is 0.266. The Morgan fingerprint density at radius 3 is 2.73 bits per heavy atom. The maximum absolute atomic E-state index is 11.5. The van der Waals surface area contributed by atoms with Crippen LogP contribution in [-0.2, 0) is 4.79 Å². The highest BCUT2D eigenvalue weighted by atomic mass is 79.9. The minimum Gasteiger partial charge on any atom is -0.295 e. The first kappa shape index (κ1) is 10.6. The zero-order valence-electron chi connectivity index (χ0n) is 8.50. The number of carbonyl (C=O) groups excluding carboxylic acids is 1. The van der Waals surface area contributed by atoms with E-state index in [1.54, 1.807) is 0 Å². The van der Waals surface area contributed by atoms with Crippen molar-refractivity contribution in [2.24, 2.45) is 0 Å². The van der Waals surface area contributed by atoms with Crippen molar-refractivity contribution in [1.29, 1.82) is 0 Å². The summed E-state index contributed by atoms with van der Waals surface area (Å²) in [6.45, 7) is 0. The van der Waals surface area contributed by atoms with Gasteiger partial charge >= 0.3 is 0 Å². The fraction of sp³-hybridized carbons (Fsp3) is 0.308. The van der Waals surface area contributed by atoms with Gasteiger partial charge < -0.3 is 0 Å². The van der Waals surface area contributed by atoms with Crippen LogP contribution in [0.5, 0.6) is 0 Å². The fourth-order valence-electron chi connectivity index (χ4n) is 1.87. The SMILES string of the molecule is O=C1C=C(c2cccc(Br)c2)CCCC1. The molecular weight excluding hydrogens is 252 g/mol. The topological polar surface area (TPSA) is 17.1 Å². The first-order valence-corrected chi connectivity index (χ1v) is 6.04. The molecule has 0 aliphatic heterocycles. The highest BCUT2D eigenvalue weighted by molar-refractivity contribution is 9.10. The highest BCUT2D eigenvalue weighted by Crippen LogP contribution is 2.26. The lowest BCUT2D eigenvalue weighted by Crippen LogP contribution is -1.90. The molecule has 0 atom stereocenters. The van der Waals surface area contributed by atoms with Gasteiger partial charge in [-0.2, -0.15) is 0 Å². The number of allylic oxidation sites excluding steroid dienone is 2. The molecule has 0 fully saturated rings. The number of halogens is 1. The van der Waals surface area contributed by atoms with Crippen LogP contribution in [0.1, 0.15) is 31.2 Å². The van der Waals surface area contributed by atoms with Gasteiger partial charge in [-0.15, -0.1) is 0 Å². The van der Waals surface area contributed by atoms with E-state index in [1.165, 1.54) is 11.1 Å². The third-order valence-electron chi connectivity index (χ3n) is 2.65. The van der Waals surface area contributed by atoms with Gasteiger partial charge in [0.25, 0.3) is 0 Å². The van der Waals surface area contributed by atoms with Gasteiger partial charge in [-0.1, -0.05) is 28.1 Å². The van der Waals surface area contributed by atoms with Crippen LogP contribution in [0.3, 0.4) is 0 Å². The molecule has 0 N–H and O–H groups in total. The van der Waals surface area contributed by atoms with Crippen molar-refractivity contribution in [3.8, 4) is 0 Å². The van der Waals surface area contributed by atoms with Crippen LogP contribution in [0.15, 0.2) is 34.8 Å². The molecule has 15 heavy (non-hydrogen) atoms. The normalized spacial score (nSPS) is 17.1. The molecule has 0 heterocycles. The molecule has 2 heteroatoms. The Labute approximate surface area is 98.3 Å². The van der Waals surface area contributed by atoms with Crippen molar-refractivity contribution in [3.63, 3.8) is 0 Å². The van der Waals surface area contributed by atoms with E-state index < -0.39 is 0 Å². The highest BCUT2D eigenvalue weighted by Gasteiger charge is 2.09. The summed E-state index contributed by atoms with van der Waals surface area (Å²) < 4.78 is 1.07. The van der Waals surface area contributed by atoms with Gasteiger partial charge in [-0.3, -0.25) is 4.79 Å². The predicted molar refractivity (Wildman–Crippen MR) is 65.6 cm³/mol. The lowest BCUT2D eigenvalue weighted by Gasteiger charge is -2.05. The summed E-state index contributed by atoms with van der Waals surface area (Å²) in [6.07, 6.45) is 5.67. The van der Waals surface area contributed by atoms with Crippen LogP contribution < -0.4 is 0 Å². The van der Waals surface area contributed by atoms with Crippen LogP contribution in [0, 0.1) is 0 Å². The monoisotopic (exact) mass is 264 g/mol. The van der Waals surface area contributed by atoms with Crippen LogP contribution in [-0.4, -0.2) is 5.78 Å². The first-order chi connectivity index (χ1) is 7.25. The molecule has 1 aromatic rings. The summed E-state index contributed by atoms with van der Waals surface area (Å²) >= 11 is 3.45. The van der Waals surface area contributed by atoms with E-state index in [2.05, 4.69) is 28.1 Å². The molecule has 1 aliphatic rings. The van der Waals surface area contributed by atoms with Crippen molar-refractivity contribution in [2.75, 3.05) is 0 Å². The van der Waals surface area contributed by atoms with Crippen LogP contribution >= 0.6 is 15.9 Å². The van der Waals surface area contributed by atoms with Crippen LogP contribution in [0.25, 0.3) is 5.57 Å². The van der Waals surface area contributed by atoms with Crippen LogP contribution in [0.4, 0.5) is 0 Å². The minimum atomic E-state index is 0.266. The molecule has 0 unspecified atom stereocenters. The standard InChI is InChI=1S/C13H13BrO/c14-12-6-3-5-10(8-12)11-4-1-2-7-13(15)9-11/h3,5-6,8-9H,1-2,4,7H2. The third-order valence-corrected chi connectivity index (χ3v) is 3.14. The summed E-state index contributed by atoms with van der Waals surface area (Å²) in [5.41, 5.74) is 2.35. The number of hydrogen-bond acceptors (Lipinski definition) is 1. The van der Waals surface area contributed by atoms with Gasteiger partial charge in [-0.05, 0) is 48.6 Å². The van der Waals surface area contributed by atoms with E-state index >= 15 is 0 Å². The Balaban J connectivity index is 2.32. The third kappa shape index (κ3) is 2.78. The quantitative estimate of drug-likeness (QED) is 0.750. The number of carbonyl (C=O) groups is 1. The molecule has 2 rings (SSSR count). The van der Waals surface area contributed by atoms with Gasteiger partial charge in [0.1, 0.15) is 0 Å². The van der Waals surface area contributed by atoms with E-state index in [0.717, 1.165) is 23.7 Å². The van der Waals surface area contributed by atoms with Crippen LogP contribution in [0.2, 0.25) is 0 Å². The van der Waals surface area contributed by atoms with E-state index in [0.29, 0.717) is 6.42 Å². The lowest BCUT2D eigenvalue weighted by atomic mass is 10.0. The number of ketones is 1. The average molecular weight is 265 g/mol. The molecule has 1 aromatic carbocycles. The first-order valence-electron chi connectivity index (χ1n) is 5.25.